The van der Waals surface area contributed by atoms with Crippen molar-refractivity contribution in [3.8, 4) is 11.3 Å². The molecule has 0 atom stereocenters. The Hall–Kier alpha value is -2.42. The molecular formula is C22H28ClF2N5O2. The van der Waals surface area contributed by atoms with Gasteiger partial charge in [0.05, 0.1) is 5.69 Å². The van der Waals surface area contributed by atoms with Gasteiger partial charge in [-0.3, -0.25) is 0 Å². The summed E-state index contributed by atoms with van der Waals surface area (Å²) in [5.41, 5.74) is 1.44. The first kappa shape index (κ1) is 22.8. The van der Waals surface area contributed by atoms with Gasteiger partial charge < -0.3 is 15.0 Å². The molecule has 3 heterocycles. The van der Waals surface area contributed by atoms with Gasteiger partial charge in [0.25, 0.3) is 0 Å². The predicted octanol–water partition coefficient (Wildman–Crippen LogP) is 5.59. The van der Waals surface area contributed by atoms with Gasteiger partial charge in [0.15, 0.2) is 0 Å². The third-order valence-corrected chi connectivity index (χ3v) is 6.27. The van der Waals surface area contributed by atoms with Crippen LogP contribution in [0, 0.1) is 5.41 Å². The molecule has 174 valence electrons. The molecule has 7 nitrogen and oxygen atoms in total. The van der Waals surface area contributed by atoms with Crippen LogP contribution in [-0.4, -0.2) is 50.5 Å². The van der Waals surface area contributed by atoms with E-state index in [1.165, 1.54) is 12.3 Å². The normalized spacial score (nSPS) is 18.7. The lowest BCUT2D eigenvalue weighted by molar-refractivity contribution is -0.0496. The molecular weight excluding hydrogens is 440 g/mol. The Labute approximate surface area is 191 Å². The number of amides is 1. The van der Waals surface area contributed by atoms with Crippen LogP contribution in [0.25, 0.3) is 11.3 Å². The van der Waals surface area contributed by atoms with E-state index in [0.717, 1.165) is 44.5 Å². The first-order valence-electron chi connectivity index (χ1n) is 10.8. The molecule has 0 unspecified atom stereocenters. The summed E-state index contributed by atoms with van der Waals surface area (Å²) < 4.78 is 31.9. The van der Waals surface area contributed by atoms with Crippen molar-refractivity contribution in [1.29, 1.82) is 0 Å². The SMILES string of the molecule is CC(C)(C)OC(=O)N1CC2(CCC(Nc3cc(Cl)ncc3-c3ccn(C(F)F)n3)CC2)C1. The highest BCUT2D eigenvalue weighted by atomic mass is 35.5. The number of nitrogens with zero attached hydrogens (tertiary/aromatic N) is 4. The number of anilines is 1. The Balaban J connectivity index is 1.37. The van der Waals surface area contributed by atoms with Gasteiger partial charge in [0.2, 0.25) is 0 Å². The first-order chi connectivity index (χ1) is 15.0. The predicted molar refractivity (Wildman–Crippen MR) is 118 cm³/mol. The lowest BCUT2D eigenvalue weighted by Gasteiger charge is -2.53. The quantitative estimate of drug-likeness (QED) is 0.594. The fraction of sp³-hybridized carbons (Fsp3) is 0.591. The van der Waals surface area contributed by atoms with E-state index in [1.807, 2.05) is 20.8 Å². The topological polar surface area (TPSA) is 72.3 Å². The Morgan fingerprint density at radius 3 is 2.59 bits per heavy atom. The van der Waals surface area contributed by atoms with Crippen molar-refractivity contribution in [2.24, 2.45) is 5.41 Å². The van der Waals surface area contributed by atoms with E-state index in [9.17, 15) is 13.6 Å². The average molecular weight is 468 g/mol. The number of aromatic nitrogens is 3. The van der Waals surface area contributed by atoms with Gasteiger partial charge in [-0.25, -0.2) is 14.5 Å². The van der Waals surface area contributed by atoms with E-state index in [-0.39, 0.29) is 17.6 Å². The summed E-state index contributed by atoms with van der Waals surface area (Å²) in [4.78, 5) is 18.1. The number of halogens is 3. The standard InChI is InChI=1S/C22H28ClF2N5O2/c1-21(2,3)32-20(31)29-12-22(13-29)7-4-14(5-8-22)27-17-10-18(23)26-11-15(17)16-6-9-30(28-16)19(24)25/h6,9-11,14,19H,4-5,7-8,12-13H2,1-3H3,(H,26,27). The lowest BCUT2D eigenvalue weighted by atomic mass is 9.67. The molecule has 0 aromatic carbocycles. The number of carbonyl (C=O) groups excluding carboxylic acids is 1. The number of hydrogen-bond acceptors (Lipinski definition) is 5. The Morgan fingerprint density at radius 1 is 1.31 bits per heavy atom. The summed E-state index contributed by atoms with van der Waals surface area (Å²) in [6.07, 6.45) is 6.42. The maximum Gasteiger partial charge on any atom is 0.410 e. The van der Waals surface area contributed by atoms with E-state index in [0.29, 0.717) is 21.1 Å². The second-order valence-electron chi connectivity index (χ2n) is 9.77. The van der Waals surface area contributed by atoms with Crippen LogP contribution < -0.4 is 5.32 Å². The highest BCUT2D eigenvalue weighted by Gasteiger charge is 2.48. The van der Waals surface area contributed by atoms with Crippen molar-refractivity contribution >= 4 is 23.4 Å². The monoisotopic (exact) mass is 467 g/mol. The fourth-order valence-electron chi connectivity index (χ4n) is 4.47. The average Bonchev–Trinajstić information content (AvgIpc) is 3.16. The van der Waals surface area contributed by atoms with Gasteiger partial charge in [-0.1, -0.05) is 11.6 Å². The largest absolute Gasteiger partial charge is 0.444 e. The number of ether oxygens (including phenoxy) is 1. The van der Waals surface area contributed by atoms with E-state index < -0.39 is 12.2 Å². The molecule has 2 aromatic heterocycles. The van der Waals surface area contributed by atoms with Crippen LogP contribution in [0.2, 0.25) is 5.15 Å². The van der Waals surface area contributed by atoms with Crippen molar-refractivity contribution in [2.75, 3.05) is 18.4 Å². The van der Waals surface area contributed by atoms with E-state index in [4.69, 9.17) is 16.3 Å². The minimum absolute atomic E-state index is 0.157. The van der Waals surface area contributed by atoms with Gasteiger partial charge in [-0.05, 0) is 58.6 Å². The van der Waals surface area contributed by atoms with E-state index in [2.05, 4.69) is 15.4 Å². The summed E-state index contributed by atoms with van der Waals surface area (Å²) in [7, 11) is 0. The van der Waals surface area contributed by atoms with E-state index >= 15 is 0 Å². The number of nitrogens with one attached hydrogen (secondary N) is 1. The number of carbonyl (C=O) groups is 1. The molecule has 2 fully saturated rings. The smallest absolute Gasteiger partial charge is 0.410 e. The minimum atomic E-state index is -2.70. The van der Waals surface area contributed by atoms with Gasteiger partial charge in [0, 0.05) is 48.2 Å². The first-order valence-corrected chi connectivity index (χ1v) is 11.2. The summed E-state index contributed by atoms with van der Waals surface area (Å²) in [5.74, 6) is 0. The van der Waals surface area contributed by atoms with Crippen LogP contribution in [0.3, 0.4) is 0 Å². The zero-order valence-electron chi connectivity index (χ0n) is 18.4. The van der Waals surface area contributed by atoms with Gasteiger partial charge in [0.1, 0.15) is 10.8 Å². The molecule has 1 aliphatic carbocycles. The van der Waals surface area contributed by atoms with Crippen LogP contribution in [0.5, 0.6) is 0 Å². The zero-order valence-corrected chi connectivity index (χ0v) is 19.2. The maximum atomic E-state index is 12.9. The fourth-order valence-corrected chi connectivity index (χ4v) is 4.63. The molecule has 32 heavy (non-hydrogen) atoms. The number of likely N-dealkylation sites (tertiary alicyclic amines) is 1. The number of pyridine rings is 1. The van der Waals surface area contributed by atoms with Crippen LogP contribution in [0.4, 0.5) is 19.3 Å². The van der Waals surface area contributed by atoms with Crippen molar-refractivity contribution in [3.63, 3.8) is 0 Å². The van der Waals surface area contributed by atoms with Crippen LogP contribution >= 0.6 is 11.6 Å². The van der Waals surface area contributed by atoms with Gasteiger partial charge in [-0.2, -0.15) is 13.9 Å². The summed E-state index contributed by atoms with van der Waals surface area (Å²) in [5, 5.41) is 7.79. The highest BCUT2D eigenvalue weighted by molar-refractivity contribution is 6.29. The summed E-state index contributed by atoms with van der Waals surface area (Å²) >= 11 is 6.10. The zero-order chi connectivity index (χ0) is 23.1. The highest BCUT2D eigenvalue weighted by Crippen LogP contribution is 2.45. The number of hydrogen-bond donors (Lipinski definition) is 1. The second-order valence-corrected chi connectivity index (χ2v) is 10.2. The van der Waals surface area contributed by atoms with Crippen molar-refractivity contribution in [1.82, 2.24) is 19.7 Å². The minimum Gasteiger partial charge on any atom is -0.444 e. The summed E-state index contributed by atoms with van der Waals surface area (Å²) in [6, 6.07) is 3.46. The molecule has 1 aliphatic heterocycles. The van der Waals surface area contributed by atoms with Crippen molar-refractivity contribution < 1.29 is 18.3 Å². The molecule has 0 radical (unpaired) electrons. The van der Waals surface area contributed by atoms with Crippen LogP contribution in [-0.2, 0) is 4.74 Å². The van der Waals surface area contributed by atoms with Gasteiger partial charge in [-0.15, -0.1) is 0 Å². The van der Waals surface area contributed by atoms with Crippen LogP contribution in [0.1, 0.15) is 53.0 Å². The third-order valence-electron chi connectivity index (χ3n) is 6.06. The Morgan fingerprint density at radius 2 is 2.00 bits per heavy atom. The molecule has 1 N–H and O–H groups in total. The van der Waals surface area contributed by atoms with Crippen molar-refractivity contribution in [3.05, 3.63) is 29.7 Å². The molecule has 2 aliphatic rings. The molecule has 0 bridgehead atoms. The number of alkyl halides is 2. The molecule has 1 saturated heterocycles. The maximum absolute atomic E-state index is 12.9. The van der Waals surface area contributed by atoms with Crippen LogP contribution in [0.15, 0.2) is 24.5 Å². The molecule has 10 heteroatoms. The van der Waals surface area contributed by atoms with E-state index in [1.54, 1.807) is 17.2 Å². The third kappa shape index (κ3) is 4.98. The molecule has 1 amide bonds. The number of rotatable bonds is 4. The Kier molecular flexibility index (Phi) is 6.04. The van der Waals surface area contributed by atoms with Gasteiger partial charge >= 0.3 is 12.6 Å². The lowest BCUT2D eigenvalue weighted by Crippen LogP contribution is -2.60. The second kappa shape index (κ2) is 8.50. The molecule has 1 spiro atoms. The molecule has 1 saturated carbocycles. The molecule has 2 aromatic rings. The van der Waals surface area contributed by atoms with Crippen molar-refractivity contribution in [2.45, 2.75) is 64.6 Å². The Bertz CT molecular complexity index is 975. The summed E-state index contributed by atoms with van der Waals surface area (Å²) in [6.45, 7) is 4.37. The molecule has 4 rings (SSSR count).